The summed E-state index contributed by atoms with van der Waals surface area (Å²) in [6, 6.07) is 6.82. The molecule has 7 heteroatoms. The number of carbonyl (C=O) groups is 2. The molecule has 0 radical (unpaired) electrons. The number of carbonyl (C=O) groups excluding carboxylic acids is 2. The number of thiazole rings is 1. The molecule has 2 aromatic rings. The normalized spacial score (nSPS) is 16.0. The summed E-state index contributed by atoms with van der Waals surface area (Å²) in [5.41, 5.74) is 1.56. The molecule has 0 aliphatic heterocycles. The molecule has 25 heavy (non-hydrogen) atoms. The average Bonchev–Trinajstić information content (AvgIpc) is 3.01. The van der Waals surface area contributed by atoms with Gasteiger partial charge in [-0.15, -0.1) is 11.3 Å². The number of methoxy groups -OCH3 is 1. The smallest absolute Gasteiger partial charge is 0.251 e. The van der Waals surface area contributed by atoms with Crippen molar-refractivity contribution >= 4 is 23.2 Å². The summed E-state index contributed by atoms with van der Waals surface area (Å²) >= 11 is 1.64. The van der Waals surface area contributed by atoms with Crippen molar-refractivity contribution in [1.29, 1.82) is 0 Å². The first kappa shape index (κ1) is 17.4. The fraction of sp³-hybridized carbons (Fsp3) is 0.389. The van der Waals surface area contributed by atoms with Crippen LogP contribution < -0.4 is 15.4 Å². The average molecular weight is 359 g/mol. The van der Waals surface area contributed by atoms with Gasteiger partial charge in [0.1, 0.15) is 5.75 Å². The van der Waals surface area contributed by atoms with E-state index in [0.717, 1.165) is 34.8 Å². The van der Waals surface area contributed by atoms with E-state index in [2.05, 4.69) is 15.6 Å². The highest BCUT2D eigenvalue weighted by atomic mass is 32.1. The van der Waals surface area contributed by atoms with Gasteiger partial charge in [0.15, 0.2) is 0 Å². The van der Waals surface area contributed by atoms with Gasteiger partial charge in [0.05, 0.1) is 35.3 Å². The third-order valence-corrected chi connectivity index (χ3v) is 5.26. The second-order valence-electron chi connectivity index (χ2n) is 5.97. The van der Waals surface area contributed by atoms with Gasteiger partial charge in [0, 0.05) is 5.56 Å². The van der Waals surface area contributed by atoms with Gasteiger partial charge in [-0.25, -0.2) is 4.98 Å². The zero-order valence-corrected chi connectivity index (χ0v) is 15.1. The molecule has 1 unspecified atom stereocenters. The molecule has 0 spiro atoms. The largest absolute Gasteiger partial charge is 0.497 e. The minimum atomic E-state index is -0.299. The second-order valence-corrected chi connectivity index (χ2v) is 7.21. The van der Waals surface area contributed by atoms with Crippen LogP contribution in [0.15, 0.2) is 24.3 Å². The lowest BCUT2D eigenvalue weighted by Crippen LogP contribution is -2.39. The van der Waals surface area contributed by atoms with Gasteiger partial charge in [-0.05, 0) is 44.4 Å². The van der Waals surface area contributed by atoms with E-state index in [9.17, 15) is 9.59 Å². The first-order chi connectivity index (χ1) is 12.1. The van der Waals surface area contributed by atoms with Crippen LogP contribution in [0.3, 0.4) is 0 Å². The second kappa shape index (κ2) is 7.65. The Morgan fingerprint density at radius 1 is 1.40 bits per heavy atom. The Kier molecular flexibility index (Phi) is 5.33. The topological polar surface area (TPSA) is 80.3 Å². The maximum absolute atomic E-state index is 12.2. The Balaban J connectivity index is 1.55. The van der Waals surface area contributed by atoms with Gasteiger partial charge in [-0.1, -0.05) is 6.07 Å². The summed E-state index contributed by atoms with van der Waals surface area (Å²) in [6.45, 7) is 1.93. The maximum atomic E-state index is 12.2. The number of amides is 2. The summed E-state index contributed by atoms with van der Waals surface area (Å²) < 4.78 is 5.10. The molecule has 0 bridgehead atoms. The monoisotopic (exact) mass is 359 g/mol. The van der Waals surface area contributed by atoms with Gasteiger partial charge in [-0.3, -0.25) is 9.59 Å². The van der Waals surface area contributed by atoms with Crippen LogP contribution in [-0.2, 0) is 11.2 Å². The molecular formula is C18H21N3O3S. The molecule has 2 amide bonds. The minimum absolute atomic E-state index is 0.00355. The lowest BCUT2D eigenvalue weighted by Gasteiger charge is -2.22. The van der Waals surface area contributed by atoms with Crippen LogP contribution in [0.4, 0.5) is 0 Å². The predicted octanol–water partition coefficient (Wildman–Crippen LogP) is 2.38. The first-order valence-corrected chi connectivity index (χ1v) is 9.06. The van der Waals surface area contributed by atoms with Crippen molar-refractivity contribution < 1.29 is 14.3 Å². The van der Waals surface area contributed by atoms with Crippen LogP contribution >= 0.6 is 11.3 Å². The van der Waals surface area contributed by atoms with E-state index in [-0.39, 0.29) is 24.4 Å². The quantitative estimate of drug-likeness (QED) is 0.859. The van der Waals surface area contributed by atoms with Gasteiger partial charge in [-0.2, -0.15) is 0 Å². The van der Waals surface area contributed by atoms with Crippen LogP contribution in [-0.4, -0.2) is 30.5 Å². The minimum Gasteiger partial charge on any atom is -0.497 e. The van der Waals surface area contributed by atoms with E-state index in [4.69, 9.17) is 4.74 Å². The molecule has 132 valence electrons. The number of hydrogen-bond acceptors (Lipinski definition) is 5. The molecule has 0 saturated carbocycles. The molecule has 0 saturated heterocycles. The molecule has 1 aliphatic carbocycles. The highest BCUT2D eigenvalue weighted by molar-refractivity contribution is 7.11. The highest BCUT2D eigenvalue weighted by Gasteiger charge is 2.25. The fourth-order valence-corrected chi connectivity index (χ4v) is 4.01. The molecule has 6 nitrogen and oxygen atoms in total. The van der Waals surface area contributed by atoms with Gasteiger partial charge in [0.25, 0.3) is 5.91 Å². The third kappa shape index (κ3) is 4.17. The SMILES string of the molecule is COc1cccc(C(=O)NCC(=O)NC2CCCc3nc(C)sc32)c1. The van der Waals surface area contributed by atoms with E-state index >= 15 is 0 Å². The molecule has 1 aliphatic rings. The summed E-state index contributed by atoms with van der Waals surface area (Å²) in [4.78, 5) is 30.1. The number of rotatable bonds is 5. The molecule has 3 rings (SSSR count). The van der Waals surface area contributed by atoms with Crippen molar-refractivity contribution in [3.05, 3.63) is 45.4 Å². The summed E-state index contributed by atoms with van der Waals surface area (Å²) in [5, 5.41) is 6.69. The molecule has 0 fully saturated rings. The van der Waals surface area contributed by atoms with Crippen molar-refractivity contribution in [1.82, 2.24) is 15.6 Å². The van der Waals surface area contributed by atoms with Crippen LogP contribution in [0.25, 0.3) is 0 Å². The van der Waals surface area contributed by atoms with Crippen LogP contribution in [0, 0.1) is 6.92 Å². The zero-order chi connectivity index (χ0) is 17.8. The van der Waals surface area contributed by atoms with E-state index in [1.165, 1.54) is 0 Å². The number of ether oxygens (including phenoxy) is 1. The standard InChI is InChI=1S/C18H21N3O3S/c1-11-20-14-7-4-8-15(17(14)25-11)21-16(22)10-19-18(23)12-5-3-6-13(9-12)24-2/h3,5-6,9,15H,4,7-8,10H2,1-2H3,(H,19,23)(H,21,22). The zero-order valence-electron chi connectivity index (χ0n) is 14.3. The molecule has 1 aromatic heterocycles. The molecular weight excluding hydrogens is 338 g/mol. The predicted molar refractivity (Wildman–Crippen MR) is 96.0 cm³/mol. The van der Waals surface area contributed by atoms with E-state index in [1.807, 2.05) is 6.92 Å². The van der Waals surface area contributed by atoms with Crippen LogP contribution in [0.5, 0.6) is 5.75 Å². The van der Waals surface area contributed by atoms with Crippen molar-refractivity contribution in [2.45, 2.75) is 32.2 Å². The van der Waals surface area contributed by atoms with Gasteiger partial charge >= 0.3 is 0 Å². The Bertz CT molecular complexity index is 788. The lowest BCUT2D eigenvalue weighted by molar-refractivity contribution is -0.120. The van der Waals surface area contributed by atoms with E-state index in [1.54, 1.807) is 42.7 Å². The molecule has 1 atom stereocenters. The number of fused-ring (bicyclic) bond motifs is 1. The summed E-state index contributed by atoms with van der Waals surface area (Å²) in [7, 11) is 1.55. The van der Waals surface area contributed by atoms with Crippen molar-refractivity contribution in [3.63, 3.8) is 0 Å². The number of hydrogen-bond donors (Lipinski definition) is 2. The maximum Gasteiger partial charge on any atom is 0.251 e. The summed E-state index contributed by atoms with van der Waals surface area (Å²) in [6.07, 6.45) is 2.89. The number of aryl methyl sites for hydroxylation is 2. The van der Waals surface area contributed by atoms with Crippen molar-refractivity contribution in [2.24, 2.45) is 0 Å². The number of benzene rings is 1. The van der Waals surface area contributed by atoms with Crippen LogP contribution in [0.1, 0.15) is 44.8 Å². The Morgan fingerprint density at radius 3 is 3.04 bits per heavy atom. The lowest BCUT2D eigenvalue weighted by atomic mass is 9.98. The van der Waals surface area contributed by atoms with E-state index < -0.39 is 0 Å². The molecule has 2 N–H and O–H groups in total. The highest BCUT2D eigenvalue weighted by Crippen LogP contribution is 2.33. The fourth-order valence-electron chi connectivity index (χ4n) is 2.95. The molecule has 1 heterocycles. The van der Waals surface area contributed by atoms with Crippen LogP contribution in [0.2, 0.25) is 0 Å². The molecule has 1 aromatic carbocycles. The number of aromatic nitrogens is 1. The summed E-state index contributed by atoms with van der Waals surface area (Å²) in [5.74, 6) is 0.111. The number of nitrogens with one attached hydrogen (secondary N) is 2. The van der Waals surface area contributed by atoms with E-state index in [0.29, 0.717) is 11.3 Å². The Hall–Kier alpha value is -2.41. The van der Waals surface area contributed by atoms with Gasteiger partial charge < -0.3 is 15.4 Å². The third-order valence-electron chi connectivity index (χ3n) is 4.13. The Labute approximate surface area is 150 Å². The number of nitrogens with zero attached hydrogens (tertiary/aromatic N) is 1. The first-order valence-electron chi connectivity index (χ1n) is 8.24. The van der Waals surface area contributed by atoms with Gasteiger partial charge in [0.2, 0.25) is 5.91 Å². The van der Waals surface area contributed by atoms with Crippen molar-refractivity contribution in [2.75, 3.05) is 13.7 Å². The van der Waals surface area contributed by atoms with Crippen molar-refractivity contribution in [3.8, 4) is 5.75 Å². The Morgan fingerprint density at radius 2 is 2.24 bits per heavy atom.